The number of amides is 1. The first-order chi connectivity index (χ1) is 13.7. The van der Waals surface area contributed by atoms with Gasteiger partial charge >= 0.3 is 0 Å². The fraction of sp³-hybridized carbons (Fsp3) is 0.318. The van der Waals surface area contributed by atoms with Crippen LogP contribution in [0.1, 0.15) is 42.4 Å². The second-order valence-corrected chi connectivity index (χ2v) is 7.78. The number of rotatable bonds is 6. The van der Waals surface area contributed by atoms with Crippen LogP contribution in [-0.2, 0) is 23.3 Å². The summed E-state index contributed by atoms with van der Waals surface area (Å²) in [6, 6.07) is 15.8. The number of hydrogen-bond acceptors (Lipinski definition) is 3. The van der Waals surface area contributed by atoms with E-state index in [1.165, 1.54) is 6.33 Å². The maximum absolute atomic E-state index is 13.3. The van der Waals surface area contributed by atoms with Crippen LogP contribution in [0.2, 0.25) is 5.02 Å². The van der Waals surface area contributed by atoms with Gasteiger partial charge in [0.25, 0.3) is 0 Å². The van der Waals surface area contributed by atoms with Crippen LogP contribution >= 0.6 is 11.6 Å². The molecule has 4 rings (SSSR count). The van der Waals surface area contributed by atoms with Crippen LogP contribution in [0.3, 0.4) is 0 Å². The van der Waals surface area contributed by atoms with Crippen molar-refractivity contribution in [3.8, 4) is 0 Å². The van der Waals surface area contributed by atoms with Crippen LogP contribution in [0.15, 0.2) is 61.2 Å². The standard InChI is InChI=1S/C22H23ClN4O/c23-20-9-5-8-19(12-20)22(10-3-4-11-22)21(28)25-13-17-6-1-2-7-18(17)14-27-16-24-15-26-27/h1-2,5-9,12,15-16H,3-4,10-11,13-14H2,(H,25,28). The van der Waals surface area contributed by atoms with Crippen molar-refractivity contribution < 1.29 is 4.79 Å². The Hall–Kier alpha value is -2.66. The molecule has 1 aromatic heterocycles. The van der Waals surface area contributed by atoms with Gasteiger partial charge in [0.15, 0.2) is 0 Å². The highest BCUT2D eigenvalue weighted by molar-refractivity contribution is 6.30. The van der Waals surface area contributed by atoms with E-state index in [1.807, 2.05) is 42.5 Å². The summed E-state index contributed by atoms with van der Waals surface area (Å²) in [7, 11) is 0. The zero-order chi connectivity index (χ0) is 19.4. The first-order valence-electron chi connectivity index (χ1n) is 9.61. The van der Waals surface area contributed by atoms with E-state index < -0.39 is 5.41 Å². The molecule has 1 N–H and O–H groups in total. The number of hydrogen-bond donors (Lipinski definition) is 1. The number of halogens is 1. The molecule has 1 aliphatic rings. The summed E-state index contributed by atoms with van der Waals surface area (Å²) >= 11 is 6.21. The predicted octanol–water partition coefficient (Wildman–Crippen LogP) is 4.11. The van der Waals surface area contributed by atoms with Crippen molar-refractivity contribution >= 4 is 17.5 Å². The lowest BCUT2D eigenvalue weighted by atomic mass is 9.78. The summed E-state index contributed by atoms with van der Waals surface area (Å²) in [6.45, 7) is 1.12. The molecule has 1 fully saturated rings. The molecule has 0 aliphatic heterocycles. The molecule has 0 atom stereocenters. The quantitative estimate of drug-likeness (QED) is 0.684. The molecule has 5 nitrogen and oxygen atoms in total. The first kappa shape index (κ1) is 18.7. The molecule has 2 aromatic carbocycles. The average Bonchev–Trinajstić information content (AvgIpc) is 3.40. The number of nitrogens with zero attached hydrogens (tertiary/aromatic N) is 3. The highest BCUT2D eigenvalue weighted by Crippen LogP contribution is 2.42. The van der Waals surface area contributed by atoms with Gasteiger partial charge in [-0.1, -0.05) is 60.8 Å². The van der Waals surface area contributed by atoms with Crippen molar-refractivity contribution in [2.24, 2.45) is 0 Å². The maximum Gasteiger partial charge on any atom is 0.230 e. The van der Waals surface area contributed by atoms with Gasteiger partial charge in [-0.2, -0.15) is 5.10 Å². The van der Waals surface area contributed by atoms with Crippen molar-refractivity contribution in [3.63, 3.8) is 0 Å². The van der Waals surface area contributed by atoms with Gasteiger partial charge in [0.2, 0.25) is 5.91 Å². The Bertz CT molecular complexity index is 949. The third kappa shape index (κ3) is 3.80. The Morgan fingerprint density at radius 3 is 2.61 bits per heavy atom. The van der Waals surface area contributed by atoms with Gasteiger partial charge in [0, 0.05) is 11.6 Å². The Kier molecular flexibility index (Phi) is 5.44. The lowest BCUT2D eigenvalue weighted by Crippen LogP contribution is -2.42. The number of nitrogens with one attached hydrogen (secondary N) is 1. The number of carbonyl (C=O) groups excluding carboxylic acids is 1. The molecule has 28 heavy (non-hydrogen) atoms. The fourth-order valence-electron chi connectivity index (χ4n) is 4.13. The van der Waals surface area contributed by atoms with Gasteiger partial charge < -0.3 is 5.32 Å². The van der Waals surface area contributed by atoms with Crippen LogP contribution in [0.25, 0.3) is 0 Å². The smallest absolute Gasteiger partial charge is 0.230 e. The zero-order valence-corrected chi connectivity index (χ0v) is 16.4. The van der Waals surface area contributed by atoms with E-state index in [2.05, 4.69) is 21.5 Å². The van der Waals surface area contributed by atoms with Crippen molar-refractivity contribution in [3.05, 3.63) is 82.9 Å². The highest BCUT2D eigenvalue weighted by atomic mass is 35.5. The molecule has 6 heteroatoms. The van der Waals surface area contributed by atoms with Crippen molar-refractivity contribution in [2.45, 2.75) is 44.2 Å². The van der Waals surface area contributed by atoms with Gasteiger partial charge in [-0.05, 0) is 41.7 Å². The van der Waals surface area contributed by atoms with E-state index in [0.717, 1.165) is 42.4 Å². The van der Waals surface area contributed by atoms with Crippen molar-refractivity contribution in [1.82, 2.24) is 20.1 Å². The van der Waals surface area contributed by atoms with E-state index in [0.29, 0.717) is 18.1 Å². The summed E-state index contributed by atoms with van der Waals surface area (Å²) in [6.07, 6.45) is 7.06. The van der Waals surface area contributed by atoms with Gasteiger partial charge in [-0.3, -0.25) is 4.79 Å². The lowest BCUT2D eigenvalue weighted by Gasteiger charge is -2.28. The predicted molar refractivity (Wildman–Crippen MR) is 109 cm³/mol. The molecule has 1 saturated carbocycles. The maximum atomic E-state index is 13.3. The second-order valence-electron chi connectivity index (χ2n) is 7.34. The summed E-state index contributed by atoms with van der Waals surface area (Å²) in [5, 5.41) is 8.04. The zero-order valence-electron chi connectivity index (χ0n) is 15.6. The minimum absolute atomic E-state index is 0.0859. The van der Waals surface area contributed by atoms with Gasteiger partial charge in [-0.15, -0.1) is 0 Å². The van der Waals surface area contributed by atoms with Crippen LogP contribution in [-0.4, -0.2) is 20.7 Å². The minimum Gasteiger partial charge on any atom is -0.351 e. The van der Waals surface area contributed by atoms with Crippen molar-refractivity contribution in [1.29, 1.82) is 0 Å². The lowest BCUT2D eigenvalue weighted by molar-refractivity contribution is -0.126. The number of benzene rings is 2. The summed E-state index contributed by atoms with van der Waals surface area (Å²) < 4.78 is 1.78. The Morgan fingerprint density at radius 2 is 1.89 bits per heavy atom. The van der Waals surface area contributed by atoms with Crippen LogP contribution in [0, 0.1) is 0 Å². The molecule has 0 spiro atoms. The van der Waals surface area contributed by atoms with Crippen molar-refractivity contribution in [2.75, 3.05) is 0 Å². The monoisotopic (exact) mass is 394 g/mol. The molecule has 0 radical (unpaired) electrons. The number of aromatic nitrogens is 3. The molecular formula is C22H23ClN4O. The minimum atomic E-state index is -0.480. The summed E-state index contributed by atoms with van der Waals surface area (Å²) in [5.41, 5.74) is 2.75. The molecule has 144 valence electrons. The molecule has 0 saturated heterocycles. The van der Waals surface area contributed by atoms with E-state index in [4.69, 9.17) is 11.6 Å². The molecule has 0 unspecified atom stereocenters. The molecule has 1 heterocycles. The first-order valence-corrected chi connectivity index (χ1v) is 9.99. The average molecular weight is 395 g/mol. The van der Waals surface area contributed by atoms with Gasteiger partial charge in [0.1, 0.15) is 12.7 Å². The Balaban J connectivity index is 1.52. The number of carbonyl (C=O) groups is 1. The Morgan fingerprint density at radius 1 is 1.11 bits per heavy atom. The van der Waals surface area contributed by atoms with E-state index in [-0.39, 0.29) is 5.91 Å². The van der Waals surface area contributed by atoms with Crippen LogP contribution in [0.5, 0.6) is 0 Å². The summed E-state index contributed by atoms with van der Waals surface area (Å²) in [4.78, 5) is 17.3. The molecular weight excluding hydrogens is 372 g/mol. The topological polar surface area (TPSA) is 59.8 Å². The normalized spacial score (nSPS) is 15.5. The molecule has 1 aliphatic carbocycles. The van der Waals surface area contributed by atoms with Crippen LogP contribution in [0.4, 0.5) is 0 Å². The van der Waals surface area contributed by atoms with E-state index in [1.54, 1.807) is 11.0 Å². The SMILES string of the molecule is O=C(NCc1ccccc1Cn1cncn1)C1(c2cccc(Cl)c2)CCCC1. The largest absolute Gasteiger partial charge is 0.351 e. The highest BCUT2D eigenvalue weighted by Gasteiger charge is 2.42. The third-order valence-electron chi connectivity index (χ3n) is 5.63. The molecule has 3 aromatic rings. The van der Waals surface area contributed by atoms with Gasteiger partial charge in [-0.25, -0.2) is 9.67 Å². The second kappa shape index (κ2) is 8.15. The van der Waals surface area contributed by atoms with E-state index >= 15 is 0 Å². The Labute approximate surface area is 169 Å². The molecule has 0 bridgehead atoms. The molecule has 1 amide bonds. The van der Waals surface area contributed by atoms with E-state index in [9.17, 15) is 4.79 Å². The summed E-state index contributed by atoms with van der Waals surface area (Å²) in [5.74, 6) is 0.0859. The van der Waals surface area contributed by atoms with Gasteiger partial charge in [0.05, 0.1) is 12.0 Å². The fourth-order valence-corrected chi connectivity index (χ4v) is 4.32. The third-order valence-corrected chi connectivity index (χ3v) is 5.86. The van der Waals surface area contributed by atoms with Crippen LogP contribution < -0.4 is 5.32 Å².